The van der Waals surface area contributed by atoms with E-state index in [4.69, 9.17) is 9.47 Å². The summed E-state index contributed by atoms with van der Waals surface area (Å²) in [4.78, 5) is 85.7. The number of pyridine rings is 2. The number of imide groups is 2. The minimum absolute atomic E-state index is 0.0221. The highest BCUT2D eigenvalue weighted by atomic mass is 16.5. The van der Waals surface area contributed by atoms with Gasteiger partial charge in [-0.05, 0) is 86.0 Å². The average Bonchev–Trinajstić information content (AvgIpc) is 3.61. The number of hydrogen-bond donors (Lipinski definition) is 2. The number of unbranched alkanes of at least 4 members (excludes halogenated alkanes) is 1. The second kappa shape index (κ2) is 15.3. The van der Waals surface area contributed by atoms with Crippen LogP contribution in [0.5, 0.6) is 11.5 Å². The van der Waals surface area contributed by atoms with Gasteiger partial charge in [0.15, 0.2) is 0 Å². The quantitative estimate of drug-likeness (QED) is 0.150. The number of piperidine rings is 1. The number of carbonyl (C=O) groups excluding carboxylic acids is 5. The molecule has 8 rings (SSSR count). The molecule has 4 aromatic rings. The highest BCUT2D eigenvalue weighted by Crippen LogP contribution is 2.54. The summed E-state index contributed by atoms with van der Waals surface area (Å²) in [6.45, 7) is 2.76. The second-order valence-corrected chi connectivity index (χ2v) is 15.9. The SMILES string of the molecule is COc1cc(-c2cn(C)c(=O)c3cnccc23)cc(OC)c1CN(C)C(=O)CCCCNC1CC12CCN(c1ccc3c(c1)C(=O)N(C1CCC(=O)NC1=O)C3=O)C2. The smallest absolute Gasteiger partial charge is 0.262 e. The first-order chi connectivity index (χ1) is 27.9. The highest BCUT2D eigenvalue weighted by molar-refractivity contribution is 6.23. The van der Waals surface area contributed by atoms with Gasteiger partial charge in [0, 0.05) is 81.3 Å². The fourth-order valence-electron chi connectivity index (χ4n) is 8.89. The molecule has 58 heavy (non-hydrogen) atoms. The van der Waals surface area contributed by atoms with Crippen LogP contribution in [0.2, 0.25) is 0 Å². The standard InChI is InChI=1S/C43H47N7O8/c1-47(23-32-34(57-3)17-25(18-35(32)58-4)31-22-48(2)40(54)30-21-44-15-12-27(30)31)38(52)7-5-6-14-45-36-20-43(36)13-16-49(24-43)26-8-9-28-29(19-26)42(56)50(41(28)55)33-10-11-37(51)46-39(33)53/h8-9,12,15,17-19,21-22,33,36,45H,5-7,10-11,13-14,16,20,23-24H2,1-4H3,(H,46,51,53). The normalized spacial score (nSPS) is 21.2. The van der Waals surface area contributed by atoms with E-state index in [-0.39, 0.29) is 35.3 Å². The molecule has 1 aliphatic carbocycles. The predicted octanol–water partition coefficient (Wildman–Crippen LogP) is 3.41. The Labute approximate surface area is 335 Å². The fraction of sp³-hybridized carbons (Fsp3) is 0.419. The van der Waals surface area contributed by atoms with Crippen LogP contribution in [0.4, 0.5) is 5.69 Å². The summed E-state index contributed by atoms with van der Waals surface area (Å²) in [7, 11) is 6.67. The first kappa shape index (κ1) is 38.8. The zero-order chi connectivity index (χ0) is 40.9. The van der Waals surface area contributed by atoms with Gasteiger partial charge in [-0.25, -0.2) is 0 Å². The maximum Gasteiger partial charge on any atom is 0.262 e. The number of fused-ring (bicyclic) bond motifs is 2. The molecule has 3 fully saturated rings. The molecule has 3 aliphatic heterocycles. The minimum Gasteiger partial charge on any atom is -0.496 e. The van der Waals surface area contributed by atoms with Gasteiger partial charge >= 0.3 is 0 Å². The van der Waals surface area contributed by atoms with Crippen molar-refractivity contribution in [3.63, 3.8) is 0 Å². The van der Waals surface area contributed by atoms with Gasteiger partial charge in [-0.15, -0.1) is 0 Å². The molecule has 1 saturated carbocycles. The summed E-state index contributed by atoms with van der Waals surface area (Å²) < 4.78 is 13.2. The number of hydrogen-bond acceptors (Lipinski definition) is 11. The zero-order valence-corrected chi connectivity index (χ0v) is 33.1. The zero-order valence-electron chi connectivity index (χ0n) is 33.1. The maximum atomic E-state index is 13.4. The molecule has 5 heterocycles. The van der Waals surface area contributed by atoms with Crippen molar-refractivity contribution in [3.8, 4) is 22.6 Å². The molecule has 3 unspecified atom stereocenters. The molecule has 2 aromatic carbocycles. The molecule has 1 spiro atoms. The number of benzene rings is 2. The van der Waals surface area contributed by atoms with Crippen molar-refractivity contribution < 1.29 is 33.4 Å². The van der Waals surface area contributed by atoms with Crippen molar-refractivity contribution in [2.75, 3.05) is 45.8 Å². The van der Waals surface area contributed by atoms with E-state index < -0.39 is 29.7 Å². The van der Waals surface area contributed by atoms with Crippen molar-refractivity contribution in [1.82, 2.24) is 30.0 Å². The molecule has 0 radical (unpaired) electrons. The summed E-state index contributed by atoms with van der Waals surface area (Å²) in [5, 5.41) is 7.23. The molecular formula is C43H47N7O8. The van der Waals surface area contributed by atoms with Gasteiger partial charge in [0.25, 0.3) is 17.4 Å². The molecule has 15 nitrogen and oxygen atoms in total. The lowest BCUT2D eigenvalue weighted by atomic mass is 9.99. The van der Waals surface area contributed by atoms with Crippen LogP contribution in [-0.4, -0.2) is 102 Å². The molecule has 0 bridgehead atoms. The molecule has 5 amide bonds. The predicted molar refractivity (Wildman–Crippen MR) is 215 cm³/mol. The number of rotatable bonds is 13. The van der Waals surface area contributed by atoms with Crippen LogP contribution < -0.4 is 30.6 Å². The van der Waals surface area contributed by atoms with Crippen LogP contribution in [0.3, 0.4) is 0 Å². The van der Waals surface area contributed by atoms with Crippen LogP contribution in [0.25, 0.3) is 21.9 Å². The second-order valence-electron chi connectivity index (χ2n) is 15.9. The van der Waals surface area contributed by atoms with E-state index in [2.05, 4.69) is 20.5 Å². The average molecular weight is 790 g/mol. The number of anilines is 1. The Bertz CT molecular complexity index is 2400. The number of amides is 5. The van der Waals surface area contributed by atoms with Gasteiger partial charge in [-0.1, -0.05) is 0 Å². The fourth-order valence-corrected chi connectivity index (χ4v) is 8.89. The lowest BCUT2D eigenvalue weighted by molar-refractivity contribution is -0.136. The number of aromatic nitrogens is 2. The van der Waals surface area contributed by atoms with Crippen molar-refractivity contribution in [2.45, 2.75) is 63.6 Å². The third-order valence-corrected chi connectivity index (χ3v) is 12.3. The van der Waals surface area contributed by atoms with Crippen molar-refractivity contribution in [3.05, 3.63) is 82.0 Å². The van der Waals surface area contributed by atoms with Crippen LogP contribution >= 0.6 is 0 Å². The molecule has 3 atom stereocenters. The Balaban J connectivity index is 0.818. The molecule has 302 valence electrons. The monoisotopic (exact) mass is 789 g/mol. The number of aryl methyl sites for hydroxylation is 1. The largest absolute Gasteiger partial charge is 0.496 e. The summed E-state index contributed by atoms with van der Waals surface area (Å²) in [6, 6.07) is 10.3. The lowest BCUT2D eigenvalue weighted by Crippen LogP contribution is -2.54. The van der Waals surface area contributed by atoms with E-state index in [1.807, 2.05) is 24.3 Å². The van der Waals surface area contributed by atoms with E-state index in [0.29, 0.717) is 41.5 Å². The van der Waals surface area contributed by atoms with Crippen LogP contribution in [0.1, 0.15) is 71.2 Å². The van der Waals surface area contributed by atoms with E-state index in [0.717, 1.165) is 78.0 Å². The number of nitrogens with one attached hydrogen (secondary N) is 2. The van der Waals surface area contributed by atoms with Gasteiger partial charge in [0.2, 0.25) is 17.7 Å². The summed E-state index contributed by atoms with van der Waals surface area (Å²) >= 11 is 0. The van der Waals surface area contributed by atoms with E-state index in [9.17, 15) is 28.8 Å². The van der Waals surface area contributed by atoms with Crippen LogP contribution in [0, 0.1) is 5.41 Å². The Morgan fingerprint density at radius 2 is 1.74 bits per heavy atom. The molecule has 2 saturated heterocycles. The van der Waals surface area contributed by atoms with Crippen LogP contribution in [-0.2, 0) is 28.0 Å². The minimum atomic E-state index is -0.987. The summed E-state index contributed by atoms with van der Waals surface area (Å²) in [6.07, 6.45) is 9.28. The maximum absolute atomic E-state index is 13.4. The Morgan fingerprint density at radius 3 is 2.48 bits per heavy atom. The topological polar surface area (TPSA) is 172 Å². The number of methoxy groups -OCH3 is 2. The Morgan fingerprint density at radius 1 is 0.983 bits per heavy atom. The summed E-state index contributed by atoms with van der Waals surface area (Å²) in [5.41, 5.74) is 3.85. The van der Waals surface area contributed by atoms with E-state index in [1.165, 1.54) is 4.57 Å². The third-order valence-electron chi connectivity index (χ3n) is 12.3. The Hall–Kier alpha value is -6.09. The van der Waals surface area contributed by atoms with Crippen molar-refractivity contribution in [2.24, 2.45) is 12.5 Å². The molecular weight excluding hydrogens is 743 g/mol. The molecule has 4 aliphatic rings. The van der Waals surface area contributed by atoms with Gasteiger partial charge in [0.1, 0.15) is 17.5 Å². The van der Waals surface area contributed by atoms with Gasteiger partial charge in [-0.2, -0.15) is 0 Å². The van der Waals surface area contributed by atoms with Crippen LogP contribution in [0.15, 0.2) is 59.8 Å². The first-order valence-corrected chi connectivity index (χ1v) is 19.7. The van der Waals surface area contributed by atoms with Gasteiger partial charge in [0.05, 0.1) is 42.8 Å². The number of carbonyl (C=O) groups is 5. The molecule has 2 aromatic heterocycles. The Kier molecular flexibility index (Phi) is 10.3. The van der Waals surface area contributed by atoms with Crippen molar-refractivity contribution >= 4 is 46.0 Å². The molecule has 15 heteroatoms. The van der Waals surface area contributed by atoms with E-state index in [1.54, 1.807) is 63.9 Å². The van der Waals surface area contributed by atoms with E-state index >= 15 is 0 Å². The number of ether oxygens (including phenoxy) is 2. The lowest BCUT2D eigenvalue weighted by Gasteiger charge is -2.27. The molecule has 2 N–H and O–H groups in total. The highest BCUT2D eigenvalue weighted by Gasteiger charge is 2.57. The number of nitrogens with zero attached hydrogens (tertiary/aromatic N) is 5. The van der Waals surface area contributed by atoms with Gasteiger partial charge < -0.3 is 29.2 Å². The first-order valence-electron chi connectivity index (χ1n) is 19.7. The van der Waals surface area contributed by atoms with Crippen molar-refractivity contribution in [1.29, 1.82) is 0 Å². The van der Waals surface area contributed by atoms with Gasteiger partial charge in [-0.3, -0.25) is 44.0 Å². The summed E-state index contributed by atoms with van der Waals surface area (Å²) in [5.74, 6) is -0.844. The third kappa shape index (κ3) is 6.97.